The summed E-state index contributed by atoms with van der Waals surface area (Å²) in [6.07, 6.45) is 6.91. The van der Waals surface area contributed by atoms with Crippen LogP contribution < -0.4 is 4.90 Å². The van der Waals surface area contributed by atoms with Gasteiger partial charge in [-0.1, -0.05) is 19.9 Å². The zero-order valence-electron chi connectivity index (χ0n) is 22.2. The summed E-state index contributed by atoms with van der Waals surface area (Å²) < 4.78 is 29.2. The molecular weight excluding hydrogens is 498 g/mol. The largest absolute Gasteiger partial charge is 0.441 e. The summed E-state index contributed by atoms with van der Waals surface area (Å²) in [5.41, 5.74) is 3.53. The SMILES string of the molecule is CC(C)[C@H]1CC[C@](C)(c2cncc(-c3ccc(N4CC([OH2+])C4)nc3)n2)c2nnc(-c3c(F)cccc3F)cc21. The number of anilines is 1. The minimum absolute atomic E-state index is 0.0478. The Balaban J connectivity index is 1.39. The van der Waals surface area contributed by atoms with Gasteiger partial charge in [0.25, 0.3) is 0 Å². The van der Waals surface area contributed by atoms with Gasteiger partial charge in [-0.15, -0.1) is 5.10 Å². The molecule has 2 N–H and O–H groups in total. The van der Waals surface area contributed by atoms with Crippen LogP contribution in [0.3, 0.4) is 0 Å². The van der Waals surface area contributed by atoms with E-state index in [2.05, 4.69) is 45.8 Å². The molecule has 1 fully saturated rings. The lowest BCUT2D eigenvalue weighted by Gasteiger charge is -2.39. The number of halogens is 2. The van der Waals surface area contributed by atoms with E-state index in [0.717, 1.165) is 41.2 Å². The Morgan fingerprint density at radius 1 is 1.00 bits per heavy atom. The maximum absolute atomic E-state index is 14.6. The fraction of sp³-hybridized carbons (Fsp3) is 0.367. The Bertz CT molecular complexity index is 1500. The van der Waals surface area contributed by atoms with Gasteiger partial charge in [-0.3, -0.25) is 4.98 Å². The molecule has 0 saturated carbocycles. The van der Waals surface area contributed by atoms with Crippen LogP contribution in [0.4, 0.5) is 14.6 Å². The fourth-order valence-electron chi connectivity index (χ4n) is 5.80. The van der Waals surface area contributed by atoms with Crippen LogP contribution in [0.1, 0.15) is 56.5 Å². The first-order chi connectivity index (χ1) is 18.7. The topological polar surface area (TPSA) is 90.6 Å². The van der Waals surface area contributed by atoms with Gasteiger partial charge in [-0.25, -0.2) is 18.7 Å². The highest BCUT2D eigenvalue weighted by atomic mass is 19.1. The predicted molar refractivity (Wildman–Crippen MR) is 146 cm³/mol. The van der Waals surface area contributed by atoms with E-state index < -0.39 is 17.0 Å². The molecule has 200 valence electrons. The Morgan fingerprint density at radius 3 is 2.44 bits per heavy atom. The number of aromatic nitrogens is 5. The Morgan fingerprint density at radius 2 is 1.77 bits per heavy atom. The van der Waals surface area contributed by atoms with Crippen LogP contribution in [-0.2, 0) is 5.41 Å². The van der Waals surface area contributed by atoms with Crippen molar-refractivity contribution in [3.8, 4) is 22.5 Å². The number of fused-ring (bicyclic) bond motifs is 1. The van der Waals surface area contributed by atoms with E-state index in [9.17, 15) is 8.78 Å². The molecule has 7 nitrogen and oxygen atoms in total. The molecule has 1 saturated heterocycles. The van der Waals surface area contributed by atoms with Crippen molar-refractivity contribution >= 4 is 5.82 Å². The Hall–Kier alpha value is -3.85. The zero-order valence-corrected chi connectivity index (χ0v) is 22.2. The molecule has 6 rings (SSSR count). The third-order valence-electron chi connectivity index (χ3n) is 8.17. The van der Waals surface area contributed by atoms with Crippen molar-refractivity contribution in [3.63, 3.8) is 0 Å². The molecule has 0 bridgehead atoms. The third kappa shape index (κ3) is 4.44. The number of rotatable bonds is 5. The second-order valence-electron chi connectivity index (χ2n) is 11.1. The zero-order chi connectivity index (χ0) is 27.3. The molecule has 39 heavy (non-hydrogen) atoms. The number of nitrogens with zero attached hydrogens (tertiary/aromatic N) is 6. The molecule has 2 atom stereocenters. The van der Waals surface area contributed by atoms with Crippen LogP contribution in [0, 0.1) is 17.6 Å². The van der Waals surface area contributed by atoms with Gasteiger partial charge in [0.2, 0.25) is 0 Å². The van der Waals surface area contributed by atoms with Gasteiger partial charge >= 0.3 is 0 Å². The quantitative estimate of drug-likeness (QED) is 0.337. The van der Waals surface area contributed by atoms with Crippen LogP contribution in [0.5, 0.6) is 0 Å². The van der Waals surface area contributed by atoms with Crippen LogP contribution >= 0.6 is 0 Å². The standard InChI is InChI=1S/C30H30F2N6O/c1-17(2)20-9-10-30(3,29-21(20)11-24(36-37-29)28-22(31)5-4-6-23(28)32)26-14-33-13-25(35-26)18-7-8-27(34-12-18)38-15-19(39)16-38/h4-8,11-14,17,19-20,39H,9-10,15-16H2,1-3H3/p+1/t20-,30-/m1/s1. The van der Waals surface area contributed by atoms with Gasteiger partial charge in [0.15, 0.2) is 6.10 Å². The summed E-state index contributed by atoms with van der Waals surface area (Å²) in [5, 5.41) is 16.7. The summed E-state index contributed by atoms with van der Waals surface area (Å²) in [7, 11) is 0. The molecule has 3 aromatic heterocycles. The molecule has 0 radical (unpaired) electrons. The first-order valence-electron chi connectivity index (χ1n) is 13.3. The predicted octanol–water partition coefficient (Wildman–Crippen LogP) is 5.03. The molecule has 1 aliphatic carbocycles. The average molecular weight is 530 g/mol. The van der Waals surface area contributed by atoms with Crippen molar-refractivity contribution in [1.82, 2.24) is 25.1 Å². The summed E-state index contributed by atoms with van der Waals surface area (Å²) in [6.45, 7) is 7.80. The first kappa shape index (κ1) is 25.4. The lowest BCUT2D eigenvalue weighted by Crippen LogP contribution is -2.51. The highest BCUT2D eigenvalue weighted by Crippen LogP contribution is 2.48. The minimum atomic E-state index is -0.657. The van der Waals surface area contributed by atoms with Crippen molar-refractivity contribution in [2.45, 2.75) is 51.0 Å². The van der Waals surface area contributed by atoms with E-state index in [1.54, 1.807) is 18.6 Å². The van der Waals surface area contributed by atoms with E-state index in [1.165, 1.54) is 18.2 Å². The summed E-state index contributed by atoms with van der Waals surface area (Å²) in [6, 6.07) is 9.57. The van der Waals surface area contributed by atoms with Crippen molar-refractivity contribution < 1.29 is 13.9 Å². The maximum Gasteiger partial charge on any atom is 0.189 e. The average Bonchev–Trinajstić information content (AvgIpc) is 2.91. The van der Waals surface area contributed by atoms with Gasteiger partial charge in [-0.05, 0) is 67.5 Å². The van der Waals surface area contributed by atoms with Crippen LogP contribution in [-0.4, -0.2) is 49.4 Å². The number of hydrogen-bond donors (Lipinski definition) is 0. The maximum atomic E-state index is 14.6. The highest BCUT2D eigenvalue weighted by molar-refractivity contribution is 5.63. The summed E-state index contributed by atoms with van der Waals surface area (Å²) in [5.74, 6) is 0.0347. The Labute approximate surface area is 226 Å². The number of pyridine rings is 1. The van der Waals surface area contributed by atoms with E-state index in [0.29, 0.717) is 24.7 Å². The monoisotopic (exact) mass is 529 g/mol. The van der Waals surface area contributed by atoms with E-state index in [1.807, 2.05) is 18.2 Å². The molecule has 4 heterocycles. The van der Waals surface area contributed by atoms with Crippen molar-refractivity contribution in [3.05, 3.63) is 83.6 Å². The van der Waals surface area contributed by atoms with Crippen molar-refractivity contribution in [1.29, 1.82) is 0 Å². The number of benzene rings is 1. The molecule has 1 aromatic carbocycles. The van der Waals surface area contributed by atoms with E-state index >= 15 is 0 Å². The summed E-state index contributed by atoms with van der Waals surface area (Å²) >= 11 is 0. The van der Waals surface area contributed by atoms with Crippen molar-refractivity contribution in [2.75, 3.05) is 18.0 Å². The molecule has 9 heteroatoms. The molecule has 2 aliphatic rings. The van der Waals surface area contributed by atoms with Gasteiger partial charge in [-0.2, -0.15) is 5.10 Å². The second kappa shape index (κ2) is 9.72. The molecule has 0 unspecified atom stereocenters. The van der Waals surface area contributed by atoms with Crippen molar-refractivity contribution in [2.24, 2.45) is 5.92 Å². The Kier molecular flexibility index (Phi) is 6.33. The number of hydrogen-bond acceptors (Lipinski definition) is 6. The van der Waals surface area contributed by atoms with Gasteiger partial charge < -0.3 is 10.0 Å². The van der Waals surface area contributed by atoms with Gasteiger partial charge in [0.1, 0.15) is 17.5 Å². The molecule has 0 spiro atoms. The van der Waals surface area contributed by atoms with Gasteiger partial charge in [0.05, 0.1) is 53.0 Å². The lowest BCUT2D eigenvalue weighted by atomic mass is 9.66. The van der Waals surface area contributed by atoms with Crippen LogP contribution in [0.15, 0.2) is 55.0 Å². The first-order valence-corrected chi connectivity index (χ1v) is 13.3. The normalized spacial score (nSPS) is 21.1. The third-order valence-corrected chi connectivity index (χ3v) is 8.17. The van der Waals surface area contributed by atoms with Gasteiger partial charge in [0, 0.05) is 18.0 Å². The van der Waals surface area contributed by atoms with E-state index in [-0.39, 0.29) is 23.3 Å². The molecular formula is C30H31F2N6O+. The van der Waals surface area contributed by atoms with E-state index in [4.69, 9.17) is 10.1 Å². The highest BCUT2D eigenvalue weighted by Gasteiger charge is 2.42. The van der Waals surface area contributed by atoms with Crippen LogP contribution in [0.2, 0.25) is 0 Å². The molecule has 0 amide bonds. The summed E-state index contributed by atoms with van der Waals surface area (Å²) in [4.78, 5) is 16.2. The molecule has 4 aromatic rings. The fourth-order valence-corrected chi connectivity index (χ4v) is 5.80. The minimum Gasteiger partial charge on any atom is -0.441 e. The van der Waals surface area contributed by atoms with Crippen LogP contribution in [0.25, 0.3) is 22.5 Å². The lowest BCUT2D eigenvalue weighted by molar-refractivity contribution is 0.141. The molecule has 1 aliphatic heterocycles. The smallest absolute Gasteiger partial charge is 0.189 e. The second-order valence-corrected chi connectivity index (χ2v) is 11.1.